The Bertz CT molecular complexity index is 1620. The number of sulfonamides is 1. The molecule has 9 nitrogen and oxygen atoms in total. The molecule has 1 heterocycles. The van der Waals surface area contributed by atoms with Crippen LogP contribution in [0.25, 0.3) is 11.0 Å². The first-order valence-corrected chi connectivity index (χ1v) is 12.3. The molecule has 0 fully saturated rings. The van der Waals surface area contributed by atoms with Crippen LogP contribution in [0.5, 0.6) is 17.2 Å². The van der Waals surface area contributed by atoms with Crippen molar-refractivity contribution >= 4 is 26.7 Å². The summed E-state index contributed by atoms with van der Waals surface area (Å²) in [6.45, 7) is 4.26. The predicted octanol–water partition coefficient (Wildman–Crippen LogP) is 3.54. The first-order chi connectivity index (χ1) is 16.6. The van der Waals surface area contributed by atoms with E-state index in [1.54, 1.807) is 36.4 Å². The van der Waals surface area contributed by atoms with E-state index in [9.17, 15) is 18.0 Å². The number of anilines is 1. The molecule has 0 aliphatic rings. The molecule has 1 aromatic heterocycles. The van der Waals surface area contributed by atoms with Crippen molar-refractivity contribution in [1.82, 2.24) is 9.13 Å². The molecular weight excluding hydrogens is 470 g/mol. The molecule has 0 spiro atoms. The number of aromatic nitrogens is 2. The van der Waals surface area contributed by atoms with Gasteiger partial charge in [0.25, 0.3) is 10.0 Å². The number of rotatable bonds is 7. The highest BCUT2D eigenvalue weighted by atomic mass is 32.2. The van der Waals surface area contributed by atoms with E-state index < -0.39 is 21.1 Å². The molecule has 0 atom stereocenters. The van der Waals surface area contributed by atoms with E-state index in [4.69, 9.17) is 9.47 Å². The average molecular weight is 496 g/mol. The van der Waals surface area contributed by atoms with Gasteiger partial charge in [0, 0.05) is 20.2 Å². The maximum Gasteiger partial charge on any atom is 0.316 e. The average Bonchev–Trinajstić information content (AvgIpc) is 2.83. The summed E-state index contributed by atoms with van der Waals surface area (Å²) in [7, 11) is -1.04. The van der Waals surface area contributed by atoms with Crippen molar-refractivity contribution in [3.8, 4) is 17.2 Å². The molecule has 0 aliphatic carbocycles. The number of benzene rings is 3. The van der Waals surface area contributed by atoms with Crippen molar-refractivity contribution in [3.63, 3.8) is 0 Å². The fraction of sp³-hybridized carbons (Fsp3) is 0.200. The lowest BCUT2D eigenvalue weighted by Crippen LogP contribution is -2.39. The molecular formula is C25H25N3O6S. The third kappa shape index (κ3) is 4.78. The molecule has 0 saturated carbocycles. The van der Waals surface area contributed by atoms with Crippen LogP contribution in [-0.4, -0.2) is 24.2 Å². The van der Waals surface area contributed by atoms with Gasteiger partial charge in [-0.15, -0.1) is 0 Å². The van der Waals surface area contributed by atoms with E-state index in [0.717, 1.165) is 5.56 Å². The number of fused-ring (bicyclic) bond motifs is 1. The zero-order valence-electron chi connectivity index (χ0n) is 19.7. The number of ether oxygens (including phenoxy) is 2. The molecule has 0 radical (unpaired) electrons. The van der Waals surface area contributed by atoms with Crippen LogP contribution in [-0.2, 0) is 24.1 Å². The van der Waals surface area contributed by atoms with E-state index in [-0.39, 0.29) is 16.3 Å². The summed E-state index contributed by atoms with van der Waals surface area (Å²) < 4.78 is 42.7. The van der Waals surface area contributed by atoms with Gasteiger partial charge in [-0.05, 0) is 56.3 Å². The Balaban J connectivity index is 1.86. The molecule has 0 saturated heterocycles. The number of nitrogens with zero attached hydrogens (tertiary/aromatic N) is 2. The minimum atomic E-state index is -3.97. The zero-order valence-corrected chi connectivity index (χ0v) is 20.5. The highest BCUT2D eigenvalue weighted by molar-refractivity contribution is 7.92. The Kier molecular flexibility index (Phi) is 6.40. The monoisotopic (exact) mass is 495 g/mol. The van der Waals surface area contributed by atoms with Gasteiger partial charge in [-0.3, -0.25) is 14.3 Å². The molecule has 35 heavy (non-hydrogen) atoms. The third-order valence-electron chi connectivity index (χ3n) is 5.53. The Morgan fingerprint density at radius 1 is 0.829 bits per heavy atom. The fourth-order valence-electron chi connectivity index (χ4n) is 3.58. The third-order valence-corrected chi connectivity index (χ3v) is 6.91. The summed E-state index contributed by atoms with van der Waals surface area (Å²) in [6.07, 6.45) is 0. The van der Waals surface area contributed by atoms with Crippen molar-refractivity contribution < 1.29 is 17.9 Å². The lowest BCUT2D eigenvalue weighted by Gasteiger charge is -2.17. The second-order valence-electron chi connectivity index (χ2n) is 7.99. The number of aryl methyl sites for hydroxylation is 3. The maximum absolute atomic E-state index is 13.1. The summed E-state index contributed by atoms with van der Waals surface area (Å²) in [5, 5.41) is 0. The van der Waals surface area contributed by atoms with Gasteiger partial charge in [-0.25, -0.2) is 8.42 Å². The summed E-state index contributed by atoms with van der Waals surface area (Å²) in [6, 6.07) is 16.3. The zero-order chi connectivity index (χ0) is 25.3. The first kappa shape index (κ1) is 24.1. The van der Waals surface area contributed by atoms with Gasteiger partial charge in [0.2, 0.25) is 0 Å². The highest BCUT2D eigenvalue weighted by Crippen LogP contribution is 2.35. The number of hydrogen-bond donors (Lipinski definition) is 1. The predicted molar refractivity (Wildman–Crippen MR) is 134 cm³/mol. The van der Waals surface area contributed by atoms with Crippen molar-refractivity contribution in [2.75, 3.05) is 11.3 Å². The Morgan fingerprint density at radius 2 is 1.37 bits per heavy atom. The fourth-order valence-corrected chi connectivity index (χ4v) is 4.64. The molecule has 1 N–H and O–H groups in total. The van der Waals surface area contributed by atoms with Gasteiger partial charge in [0.1, 0.15) is 11.5 Å². The largest absolute Gasteiger partial charge is 0.494 e. The van der Waals surface area contributed by atoms with Gasteiger partial charge in [0.15, 0.2) is 5.75 Å². The van der Waals surface area contributed by atoms with Crippen LogP contribution in [0.3, 0.4) is 0 Å². The van der Waals surface area contributed by atoms with Gasteiger partial charge < -0.3 is 18.6 Å². The smallest absolute Gasteiger partial charge is 0.316 e. The standard InChI is InChI=1S/C25H25N3O6S/c1-5-33-17-8-10-18(11-9-17)34-23-15-22-21(27(3)24(29)25(30)28(22)4)14-20(23)26-35(31,32)19-12-6-16(2)7-13-19/h6-15,26H,5H2,1-4H3. The lowest BCUT2D eigenvalue weighted by atomic mass is 10.2. The van der Waals surface area contributed by atoms with Crippen molar-refractivity contribution in [3.05, 3.63) is 86.9 Å². The molecule has 3 aromatic carbocycles. The van der Waals surface area contributed by atoms with Crippen molar-refractivity contribution in [1.29, 1.82) is 0 Å². The van der Waals surface area contributed by atoms with E-state index in [0.29, 0.717) is 29.1 Å². The summed E-state index contributed by atoms with van der Waals surface area (Å²) in [5.41, 5.74) is 0.354. The highest BCUT2D eigenvalue weighted by Gasteiger charge is 2.20. The summed E-state index contributed by atoms with van der Waals surface area (Å²) >= 11 is 0. The van der Waals surface area contributed by atoms with E-state index in [1.165, 1.54) is 47.5 Å². The quantitative estimate of drug-likeness (QED) is 0.393. The number of nitrogens with one attached hydrogen (secondary N) is 1. The van der Waals surface area contributed by atoms with Gasteiger partial charge >= 0.3 is 11.1 Å². The maximum atomic E-state index is 13.1. The second-order valence-corrected chi connectivity index (χ2v) is 9.67. The SMILES string of the molecule is CCOc1ccc(Oc2cc3c(cc2NS(=O)(=O)c2ccc(C)cc2)n(C)c(=O)c(=O)n3C)cc1. The normalized spacial score (nSPS) is 11.4. The second kappa shape index (κ2) is 9.30. The molecule has 4 aromatic rings. The Morgan fingerprint density at radius 3 is 1.94 bits per heavy atom. The molecule has 182 valence electrons. The topological polar surface area (TPSA) is 109 Å². The van der Waals surface area contributed by atoms with Crippen LogP contribution in [0.15, 0.2) is 75.1 Å². The molecule has 0 unspecified atom stereocenters. The van der Waals surface area contributed by atoms with Gasteiger partial charge in [0.05, 0.1) is 28.2 Å². The van der Waals surface area contributed by atoms with Gasteiger partial charge in [-0.2, -0.15) is 0 Å². The minimum Gasteiger partial charge on any atom is -0.494 e. The van der Waals surface area contributed by atoms with Crippen LogP contribution in [0.1, 0.15) is 12.5 Å². The minimum absolute atomic E-state index is 0.0737. The van der Waals surface area contributed by atoms with Crippen LogP contribution in [0.4, 0.5) is 5.69 Å². The van der Waals surface area contributed by atoms with Crippen molar-refractivity contribution in [2.24, 2.45) is 14.1 Å². The van der Waals surface area contributed by atoms with E-state index in [1.807, 2.05) is 13.8 Å². The van der Waals surface area contributed by atoms with Gasteiger partial charge in [-0.1, -0.05) is 17.7 Å². The lowest BCUT2D eigenvalue weighted by molar-refractivity contribution is 0.339. The van der Waals surface area contributed by atoms with Crippen LogP contribution < -0.4 is 25.3 Å². The van der Waals surface area contributed by atoms with Crippen LogP contribution in [0.2, 0.25) is 0 Å². The molecule has 0 amide bonds. The molecule has 0 bridgehead atoms. The number of hydrogen-bond acceptors (Lipinski definition) is 6. The molecule has 10 heteroatoms. The molecule has 0 aliphatic heterocycles. The molecule has 4 rings (SSSR count). The van der Waals surface area contributed by atoms with Crippen LogP contribution in [0, 0.1) is 6.92 Å². The van der Waals surface area contributed by atoms with E-state index >= 15 is 0 Å². The van der Waals surface area contributed by atoms with Crippen molar-refractivity contribution in [2.45, 2.75) is 18.7 Å². The first-order valence-electron chi connectivity index (χ1n) is 10.8. The Hall–Kier alpha value is -4.05. The summed E-state index contributed by atoms with van der Waals surface area (Å²) in [4.78, 5) is 24.8. The van der Waals surface area contributed by atoms with Crippen LogP contribution >= 0.6 is 0 Å². The Labute approximate surface area is 202 Å². The summed E-state index contributed by atoms with van der Waals surface area (Å²) in [5.74, 6) is 1.25. The van der Waals surface area contributed by atoms with E-state index in [2.05, 4.69) is 4.72 Å².